The van der Waals surface area contributed by atoms with Crippen LogP contribution in [0, 0.1) is 0 Å². The fourth-order valence-electron chi connectivity index (χ4n) is 2.71. The number of unbranched alkanes of at least 4 members (excludes halogenated alkanes) is 8. The van der Waals surface area contributed by atoms with E-state index in [1.807, 2.05) is 13.8 Å². The highest BCUT2D eigenvalue weighted by molar-refractivity contribution is 7.80. The first-order valence-electron chi connectivity index (χ1n) is 10.5. The summed E-state index contributed by atoms with van der Waals surface area (Å²) in [6.07, 6.45) is 12.2. The van der Waals surface area contributed by atoms with Crippen molar-refractivity contribution < 1.29 is 18.9 Å². The molecule has 0 spiro atoms. The predicted octanol–water partition coefficient (Wildman–Crippen LogP) is 5.29. The van der Waals surface area contributed by atoms with Crippen LogP contribution in [0.2, 0.25) is 0 Å². The van der Waals surface area contributed by atoms with Crippen LogP contribution < -0.4 is 0 Å². The van der Waals surface area contributed by atoms with Crippen LogP contribution in [0.25, 0.3) is 0 Å². The van der Waals surface area contributed by atoms with Crippen molar-refractivity contribution in [1.29, 1.82) is 0 Å². The van der Waals surface area contributed by atoms with E-state index in [2.05, 4.69) is 19.6 Å². The number of thiol groups is 1. The van der Waals surface area contributed by atoms with Crippen LogP contribution in [-0.2, 0) is 18.9 Å². The van der Waals surface area contributed by atoms with Crippen molar-refractivity contribution in [3.8, 4) is 0 Å². The van der Waals surface area contributed by atoms with Gasteiger partial charge in [-0.1, -0.05) is 44.9 Å². The molecule has 5 heteroatoms. The third kappa shape index (κ3) is 19.0. The van der Waals surface area contributed by atoms with E-state index >= 15 is 0 Å². The monoisotopic (exact) mass is 392 g/mol. The second-order valence-electron chi connectivity index (χ2n) is 7.33. The number of rotatable bonds is 20. The van der Waals surface area contributed by atoms with E-state index < -0.39 is 0 Å². The van der Waals surface area contributed by atoms with Gasteiger partial charge in [-0.25, -0.2) is 0 Å². The van der Waals surface area contributed by atoms with Gasteiger partial charge in [0.15, 0.2) is 0 Å². The molecule has 0 aliphatic rings. The van der Waals surface area contributed by atoms with Crippen LogP contribution in [-0.4, -0.2) is 57.6 Å². The van der Waals surface area contributed by atoms with Crippen molar-refractivity contribution in [2.24, 2.45) is 0 Å². The summed E-state index contributed by atoms with van der Waals surface area (Å²) in [6, 6.07) is 0. The SMILES string of the molecule is COCC(C)OCC(C)OCC(C)OCCCCCCCCCCCS. The van der Waals surface area contributed by atoms with Crippen molar-refractivity contribution >= 4 is 12.6 Å². The summed E-state index contributed by atoms with van der Waals surface area (Å²) in [7, 11) is 1.69. The number of hydrogen-bond acceptors (Lipinski definition) is 5. The van der Waals surface area contributed by atoms with Crippen LogP contribution in [0.5, 0.6) is 0 Å². The van der Waals surface area contributed by atoms with Gasteiger partial charge in [0.1, 0.15) is 0 Å². The zero-order chi connectivity index (χ0) is 19.5. The van der Waals surface area contributed by atoms with E-state index in [-0.39, 0.29) is 18.3 Å². The molecule has 0 N–H and O–H groups in total. The van der Waals surface area contributed by atoms with E-state index in [0.717, 1.165) is 18.8 Å². The maximum absolute atomic E-state index is 5.84. The lowest BCUT2D eigenvalue weighted by Gasteiger charge is -2.19. The molecule has 0 bridgehead atoms. The van der Waals surface area contributed by atoms with Crippen LogP contribution in [0.3, 0.4) is 0 Å². The first-order valence-corrected chi connectivity index (χ1v) is 11.2. The largest absolute Gasteiger partial charge is 0.382 e. The molecule has 26 heavy (non-hydrogen) atoms. The molecule has 0 saturated carbocycles. The third-order valence-corrected chi connectivity index (χ3v) is 4.65. The van der Waals surface area contributed by atoms with E-state index in [9.17, 15) is 0 Å². The Hall–Kier alpha value is 0.190. The van der Waals surface area contributed by atoms with E-state index in [0.29, 0.717) is 19.8 Å². The molecule has 4 nitrogen and oxygen atoms in total. The molecule has 0 radical (unpaired) electrons. The highest BCUT2D eigenvalue weighted by Crippen LogP contribution is 2.10. The Balaban J connectivity index is 3.34. The molecule has 0 amide bonds. The molecule has 0 rings (SSSR count). The van der Waals surface area contributed by atoms with Gasteiger partial charge in [-0.15, -0.1) is 0 Å². The lowest BCUT2D eigenvalue weighted by Crippen LogP contribution is -2.26. The van der Waals surface area contributed by atoms with Crippen molar-refractivity contribution in [1.82, 2.24) is 0 Å². The van der Waals surface area contributed by atoms with Gasteiger partial charge in [0.25, 0.3) is 0 Å². The topological polar surface area (TPSA) is 36.9 Å². The Bertz CT molecular complexity index is 279. The maximum atomic E-state index is 5.84. The molecule has 0 aliphatic carbocycles. The van der Waals surface area contributed by atoms with E-state index in [4.69, 9.17) is 18.9 Å². The Kier molecular flexibility index (Phi) is 20.1. The standard InChI is InChI=1S/C21H44O4S/c1-19(16-22-4)24-18-21(3)25-17-20(2)23-14-12-10-8-6-5-7-9-11-13-15-26/h19-21,26H,5-18H2,1-4H3. The smallest absolute Gasteiger partial charge is 0.0781 e. The quantitative estimate of drug-likeness (QED) is 0.226. The van der Waals surface area contributed by atoms with Crippen LogP contribution in [0.4, 0.5) is 0 Å². The highest BCUT2D eigenvalue weighted by Gasteiger charge is 2.09. The van der Waals surface area contributed by atoms with Gasteiger partial charge in [0.05, 0.1) is 38.1 Å². The normalized spacial score (nSPS) is 15.1. The summed E-state index contributed by atoms with van der Waals surface area (Å²) in [4.78, 5) is 0. The number of methoxy groups -OCH3 is 1. The van der Waals surface area contributed by atoms with Gasteiger partial charge in [-0.05, 0) is 39.4 Å². The predicted molar refractivity (Wildman–Crippen MR) is 114 cm³/mol. The van der Waals surface area contributed by atoms with Crippen molar-refractivity contribution in [3.05, 3.63) is 0 Å². The van der Waals surface area contributed by atoms with E-state index in [1.165, 1.54) is 51.4 Å². The number of ether oxygens (including phenoxy) is 4. The summed E-state index contributed by atoms with van der Waals surface area (Å²) in [5, 5.41) is 0. The summed E-state index contributed by atoms with van der Waals surface area (Å²) >= 11 is 4.24. The Morgan fingerprint density at radius 3 is 1.50 bits per heavy atom. The summed E-state index contributed by atoms with van der Waals surface area (Å²) < 4.78 is 22.3. The Labute approximate surface area is 168 Å². The Morgan fingerprint density at radius 2 is 1.00 bits per heavy atom. The minimum Gasteiger partial charge on any atom is -0.382 e. The molecule has 158 valence electrons. The second-order valence-corrected chi connectivity index (χ2v) is 7.78. The summed E-state index contributed by atoms with van der Waals surface area (Å²) in [5.41, 5.74) is 0. The van der Waals surface area contributed by atoms with Crippen molar-refractivity contribution in [2.45, 2.75) is 96.9 Å². The lowest BCUT2D eigenvalue weighted by atomic mass is 10.1. The average molecular weight is 393 g/mol. The van der Waals surface area contributed by atoms with Crippen molar-refractivity contribution in [3.63, 3.8) is 0 Å². The molecule has 0 aromatic rings. The summed E-state index contributed by atoms with van der Waals surface area (Å²) in [6.45, 7) is 8.77. The Morgan fingerprint density at radius 1 is 0.577 bits per heavy atom. The van der Waals surface area contributed by atoms with Crippen LogP contribution >= 0.6 is 12.6 Å². The van der Waals surface area contributed by atoms with Gasteiger partial charge in [-0.3, -0.25) is 0 Å². The molecule has 0 heterocycles. The molecule has 0 aliphatic heterocycles. The van der Waals surface area contributed by atoms with Gasteiger partial charge in [0, 0.05) is 13.7 Å². The molecule has 3 unspecified atom stereocenters. The van der Waals surface area contributed by atoms with E-state index in [1.54, 1.807) is 7.11 Å². The van der Waals surface area contributed by atoms with Crippen molar-refractivity contribution in [2.75, 3.05) is 39.3 Å². The fraction of sp³-hybridized carbons (Fsp3) is 1.00. The number of hydrogen-bond donors (Lipinski definition) is 1. The minimum absolute atomic E-state index is 0.0770. The molecule has 0 aromatic carbocycles. The molecular formula is C21H44O4S. The molecule has 3 atom stereocenters. The molecular weight excluding hydrogens is 348 g/mol. The van der Waals surface area contributed by atoms with Gasteiger partial charge < -0.3 is 18.9 Å². The maximum Gasteiger partial charge on any atom is 0.0781 e. The van der Waals surface area contributed by atoms with Gasteiger partial charge in [0.2, 0.25) is 0 Å². The van der Waals surface area contributed by atoms with Crippen LogP contribution in [0.1, 0.15) is 78.6 Å². The van der Waals surface area contributed by atoms with Crippen LogP contribution in [0.15, 0.2) is 0 Å². The fourth-order valence-corrected chi connectivity index (χ4v) is 2.94. The molecule has 0 fully saturated rings. The summed E-state index contributed by atoms with van der Waals surface area (Å²) in [5.74, 6) is 1.03. The zero-order valence-electron chi connectivity index (χ0n) is 17.7. The average Bonchev–Trinajstić information content (AvgIpc) is 2.63. The molecule has 0 saturated heterocycles. The highest BCUT2D eigenvalue weighted by atomic mass is 32.1. The third-order valence-electron chi connectivity index (χ3n) is 4.34. The first-order chi connectivity index (χ1) is 12.6. The zero-order valence-corrected chi connectivity index (χ0v) is 18.6. The molecule has 0 aromatic heterocycles. The minimum atomic E-state index is 0.0770. The van der Waals surface area contributed by atoms with Gasteiger partial charge in [-0.2, -0.15) is 12.6 Å². The second kappa shape index (κ2) is 19.9. The first kappa shape index (κ1) is 26.2. The lowest BCUT2D eigenvalue weighted by molar-refractivity contribution is -0.0771. The van der Waals surface area contributed by atoms with Gasteiger partial charge >= 0.3 is 0 Å².